The summed E-state index contributed by atoms with van der Waals surface area (Å²) in [5, 5.41) is 2.83. The molecule has 1 N–H and O–H groups in total. The third-order valence-corrected chi connectivity index (χ3v) is 3.87. The zero-order chi connectivity index (χ0) is 15.4. The van der Waals surface area contributed by atoms with Gasteiger partial charge in [0.1, 0.15) is 5.82 Å². The number of rotatable bonds is 4. The number of amides is 1. The van der Waals surface area contributed by atoms with Gasteiger partial charge < -0.3 is 5.32 Å². The summed E-state index contributed by atoms with van der Waals surface area (Å²) in [6.07, 6.45) is 1.09. The standard InChI is InChI=1S/C17H17BrFNO/c1-11-4-3-5-13(8-11)6-7-17(21)20-16-10-14(18)15(19)9-12(16)2/h3-5,8-10H,6-7H2,1-2H3,(H,20,21). The molecule has 0 unspecified atom stereocenters. The molecular weight excluding hydrogens is 333 g/mol. The lowest BCUT2D eigenvalue weighted by molar-refractivity contribution is -0.116. The predicted octanol–water partition coefficient (Wildman–Crippen LogP) is 4.78. The molecule has 0 saturated carbocycles. The van der Waals surface area contributed by atoms with Crippen molar-refractivity contribution >= 4 is 27.5 Å². The van der Waals surface area contributed by atoms with Crippen LogP contribution in [0.4, 0.5) is 10.1 Å². The van der Waals surface area contributed by atoms with Crippen molar-refractivity contribution in [3.05, 3.63) is 63.4 Å². The second-order valence-electron chi connectivity index (χ2n) is 5.12. The van der Waals surface area contributed by atoms with E-state index in [0.717, 1.165) is 5.56 Å². The first kappa shape index (κ1) is 15.7. The monoisotopic (exact) mass is 349 g/mol. The number of aryl methyl sites for hydroxylation is 3. The molecule has 0 fully saturated rings. The highest BCUT2D eigenvalue weighted by Gasteiger charge is 2.09. The summed E-state index contributed by atoms with van der Waals surface area (Å²) in [5.41, 5.74) is 3.67. The Morgan fingerprint density at radius 1 is 1.24 bits per heavy atom. The molecule has 0 saturated heterocycles. The van der Waals surface area contributed by atoms with Crippen LogP contribution in [-0.4, -0.2) is 5.91 Å². The molecule has 0 atom stereocenters. The molecule has 1 amide bonds. The number of anilines is 1. The van der Waals surface area contributed by atoms with Crippen molar-refractivity contribution in [2.45, 2.75) is 26.7 Å². The summed E-state index contributed by atoms with van der Waals surface area (Å²) >= 11 is 3.13. The Hall–Kier alpha value is -1.68. The van der Waals surface area contributed by atoms with Gasteiger partial charge in [-0.05, 0) is 59.5 Å². The maximum absolute atomic E-state index is 13.3. The van der Waals surface area contributed by atoms with Gasteiger partial charge in [-0.3, -0.25) is 4.79 Å². The Kier molecular flexibility index (Phi) is 5.12. The van der Waals surface area contributed by atoms with Gasteiger partial charge in [0.15, 0.2) is 0 Å². The van der Waals surface area contributed by atoms with E-state index in [1.807, 2.05) is 25.1 Å². The van der Waals surface area contributed by atoms with E-state index >= 15 is 0 Å². The fourth-order valence-corrected chi connectivity index (χ4v) is 2.46. The van der Waals surface area contributed by atoms with E-state index in [2.05, 4.69) is 27.3 Å². The average Bonchev–Trinajstić information content (AvgIpc) is 2.43. The van der Waals surface area contributed by atoms with Crippen molar-refractivity contribution in [1.82, 2.24) is 0 Å². The van der Waals surface area contributed by atoms with Crippen LogP contribution >= 0.6 is 15.9 Å². The van der Waals surface area contributed by atoms with Crippen LogP contribution in [0.5, 0.6) is 0 Å². The SMILES string of the molecule is Cc1cccc(CCC(=O)Nc2cc(Br)c(F)cc2C)c1. The van der Waals surface area contributed by atoms with Crippen molar-refractivity contribution in [1.29, 1.82) is 0 Å². The van der Waals surface area contributed by atoms with E-state index in [1.165, 1.54) is 11.6 Å². The normalized spacial score (nSPS) is 10.5. The maximum atomic E-state index is 13.3. The van der Waals surface area contributed by atoms with Gasteiger partial charge in [0.2, 0.25) is 5.91 Å². The second kappa shape index (κ2) is 6.85. The molecule has 0 aliphatic carbocycles. The molecule has 4 heteroatoms. The van der Waals surface area contributed by atoms with Crippen LogP contribution in [0.25, 0.3) is 0 Å². The molecule has 0 heterocycles. The minimum absolute atomic E-state index is 0.0712. The third-order valence-electron chi connectivity index (χ3n) is 3.26. The molecule has 2 rings (SSSR count). The Bertz CT molecular complexity index is 670. The van der Waals surface area contributed by atoms with Crippen LogP contribution in [-0.2, 0) is 11.2 Å². The van der Waals surface area contributed by atoms with Gasteiger partial charge in [-0.15, -0.1) is 0 Å². The number of nitrogens with one attached hydrogen (secondary N) is 1. The van der Waals surface area contributed by atoms with E-state index in [4.69, 9.17) is 0 Å². The summed E-state index contributed by atoms with van der Waals surface area (Å²) in [6, 6.07) is 11.1. The number of carbonyl (C=O) groups excluding carboxylic acids is 1. The first-order valence-electron chi connectivity index (χ1n) is 6.77. The number of benzene rings is 2. The van der Waals surface area contributed by atoms with Crippen molar-refractivity contribution in [3.8, 4) is 0 Å². The highest BCUT2D eigenvalue weighted by molar-refractivity contribution is 9.10. The third kappa shape index (κ3) is 4.39. The van der Waals surface area contributed by atoms with E-state index in [-0.39, 0.29) is 11.7 Å². The first-order chi connectivity index (χ1) is 9.95. The molecule has 0 aliphatic rings. The number of hydrogen-bond acceptors (Lipinski definition) is 1. The molecular formula is C17H17BrFNO. The molecule has 2 aromatic carbocycles. The Morgan fingerprint density at radius 2 is 2.00 bits per heavy atom. The van der Waals surface area contributed by atoms with Gasteiger partial charge >= 0.3 is 0 Å². The molecule has 0 bridgehead atoms. The average molecular weight is 350 g/mol. The Balaban J connectivity index is 1.97. The zero-order valence-corrected chi connectivity index (χ0v) is 13.6. The van der Waals surface area contributed by atoms with Crippen LogP contribution in [0.15, 0.2) is 40.9 Å². The highest BCUT2D eigenvalue weighted by atomic mass is 79.9. The van der Waals surface area contributed by atoms with Crippen LogP contribution in [0, 0.1) is 19.7 Å². The van der Waals surface area contributed by atoms with Gasteiger partial charge in [0, 0.05) is 12.1 Å². The quantitative estimate of drug-likeness (QED) is 0.845. The van der Waals surface area contributed by atoms with Crippen molar-refractivity contribution in [2.24, 2.45) is 0 Å². The van der Waals surface area contributed by atoms with Crippen LogP contribution in [0.1, 0.15) is 23.1 Å². The van der Waals surface area contributed by atoms with E-state index in [0.29, 0.717) is 28.6 Å². The van der Waals surface area contributed by atoms with Gasteiger partial charge in [-0.1, -0.05) is 29.8 Å². The molecule has 2 aromatic rings. The zero-order valence-electron chi connectivity index (χ0n) is 12.0. The van der Waals surface area contributed by atoms with Gasteiger partial charge in [-0.25, -0.2) is 4.39 Å². The molecule has 0 radical (unpaired) electrons. The van der Waals surface area contributed by atoms with Crippen LogP contribution < -0.4 is 5.32 Å². The summed E-state index contributed by atoms with van der Waals surface area (Å²) < 4.78 is 13.7. The minimum atomic E-state index is -0.328. The smallest absolute Gasteiger partial charge is 0.224 e. The first-order valence-corrected chi connectivity index (χ1v) is 7.56. The van der Waals surface area contributed by atoms with Crippen molar-refractivity contribution in [2.75, 3.05) is 5.32 Å². The minimum Gasteiger partial charge on any atom is -0.326 e. The summed E-state index contributed by atoms with van der Waals surface area (Å²) in [7, 11) is 0. The second-order valence-corrected chi connectivity index (χ2v) is 5.97. The molecule has 110 valence electrons. The lowest BCUT2D eigenvalue weighted by Gasteiger charge is -2.10. The topological polar surface area (TPSA) is 29.1 Å². The van der Waals surface area contributed by atoms with Gasteiger partial charge in [0.25, 0.3) is 0 Å². The molecule has 2 nitrogen and oxygen atoms in total. The summed E-state index contributed by atoms with van der Waals surface area (Å²) in [4.78, 5) is 12.0. The largest absolute Gasteiger partial charge is 0.326 e. The van der Waals surface area contributed by atoms with Crippen LogP contribution in [0.2, 0.25) is 0 Å². The summed E-state index contributed by atoms with van der Waals surface area (Å²) in [5.74, 6) is -0.400. The summed E-state index contributed by atoms with van der Waals surface area (Å²) in [6.45, 7) is 3.80. The van der Waals surface area contributed by atoms with E-state index in [9.17, 15) is 9.18 Å². The Labute approximate surface area is 132 Å². The number of halogens is 2. The highest BCUT2D eigenvalue weighted by Crippen LogP contribution is 2.24. The van der Waals surface area contributed by atoms with Crippen LogP contribution in [0.3, 0.4) is 0 Å². The van der Waals surface area contributed by atoms with Gasteiger partial charge in [-0.2, -0.15) is 0 Å². The number of hydrogen-bond donors (Lipinski definition) is 1. The van der Waals surface area contributed by atoms with Gasteiger partial charge in [0.05, 0.1) is 4.47 Å². The lowest BCUT2D eigenvalue weighted by atomic mass is 10.1. The Morgan fingerprint density at radius 3 is 2.71 bits per heavy atom. The van der Waals surface area contributed by atoms with Crippen molar-refractivity contribution < 1.29 is 9.18 Å². The fraction of sp³-hybridized carbons (Fsp3) is 0.235. The predicted molar refractivity (Wildman–Crippen MR) is 87.0 cm³/mol. The lowest BCUT2D eigenvalue weighted by Crippen LogP contribution is -2.13. The number of carbonyl (C=O) groups is 1. The maximum Gasteiger partial charge on any atom is 0.224 e. The van der Waals surface area contributed by atoms with E-state index in [1.54, 1.807) is 13.0 Å². The van der Waals surface area contributed by atoms with Crippen molar-refractivity contribution in [3.63, 3.8) is 0 Å². The molecule has 0 aliphatic heterocycles. The molecule has 21 heavy (non-hydrogen) atoms. The molecule has 0 aromatic heterocycles. The molecule has 0 spiro atoms. The fourth-order valence-electron chi connectivity index (χ4n) is 2.12. The van der Waals surface area contributed by atoms with E-state index < -0.39 is 0 Å².